The normalized spacial score (nSPS) is 29.2. The van der Waals surface area contributed by atoms with Crippen LogP contribution in [0.3, 0.4) is 0 Å². The number of nitrogens with zero attached hydrogens (tertiary/aromatic N) is 1. The largest absolute Gasteiger partial charge is 0.394 e. The highest BCUT2D eigenvalue weighted by Crippen LogP contribution is 2.29. The summed E-state index contributed by atoms with van der Waals surface area (Å²) in [5.41, 5.74) is -1.28. The van der Waals surface area contributed by atoms with Crippen LogP contribution in [0.2, 0.25) is 0 Å². The zero-order valence-corrected chi connectivity index (χ0v) is 10.4. The first-order valence-electron chi connectivity index (χ1n) is 5.89. The minimum Gasteiger partial charge on any atom is -0.394 e. The van der Waals surface area contributed by atoms with Gasteiger partial charge < -0.3 is 19.7 Å². The lowest BCUT2D eigenvalue weighted by molar-refractivity contribution is -0.0587. The van der Waals surface area contributed by atoms with Crippen LogP contribution in [0.1, 0.15) is 6.23 Å². The van der Waals surface area contributed by atoms with Crippen LogP contribution in [0.5, 0.6) is 0 Å². The summed E-state index contributed by atoms with van der Waals surface area (Å²) in [4.78, 5) is 24.7. The lowest BCUT2D eigenvalue weighted by Gasteiger charge is -2.18. The number of nitrogens with one attached hydrogen (secondary N) is 1. The summed E-state index contributed by atoms with van der Waals surface area (Å²) in [6, 6.07) is 1.13. The molecule has 108 valence electrons. The predicted molar refractivity (Wildman–Crippen MR) is 66.9 cm³/mol. The van der Waals surface area contributed by atoms with Crippen molar-refractivity contribution < 1.29 is 19.7 Å². The van der Waals surface area contributed by atoms with E-state index >= 15 is 0 Å². The van der Waals surface area contributed by atoms with Crippen LogP contribution < -0.4 is 11.2 Å². The molecule has 4 atom stereocenters. The van der Waals surface area contributed by atoms with Crippen molar-refractivity contribution in [3.63, 3.8) is 0 Å². The molecule has 0 aromatic carbocycles. The van der Waals surface area contributed by atoms with Gasteiger partial charge in [-0.3, -0.25) is 14.3 Å². The van der Waals surface area contributed by atoms with Gasteiger partial charge in [0, 0.05) is 12.3 Å². The van der Waals surface area contributed by atoms with Gasteiger partial charge in [-0.1, -0.05) is 5.92 Å². The maximum absolute atomic E-state index is 11.7. The van der Waals surface area contributed by atoms with E-state index in [1.54, 1.807) is 0 Å². The number of rotatable bonds is 4. The van der Waals surface area contributed by atoms with E-state index in [2.05, 4.69) is 10.9 Å². The van der Waals surface area contributed by atoms with Gasteiger partial charge in [-0.2, -0.15) is 0 Å². The van der Waals surface area contributed by atoms with Crippen LogP contribution in [0.15, 0.2) is 21.9 Å². The number of aliphatic hydroxyl groups is 2. The Morgan fingerprint density at radius 1 is 1.55 bits per heavy atom. The van der Waals surface area contributed by atoms with E-state index in [0.717, 1.165) is 10.6 Å². The summed E-state index contributed by atoms with van der Waals surface area (Å²) in [7, 11) is 0. The second kappa shape index (κ2) is 6.02. The van der Waals surface area contributed by atoms with Crippen LogP contribution in [-0.2, 0) is 9.47 Å². The van der Waals surface area contributed by atoms with Crippen molar-refractivity contribution in [3.05, 3.63) is 33.1 Å². The molecule has 1 saturated heterocycles. The molecule has 0 saturated carbocycles. The van der Waals surface area contributed by atoms with Crippen LogP contribution in [-0.4, -0.2) is 51.3 Å². The average molecular weight is 282 g/mol. The van der Waals surface area contributed by atoms with Gasteiger partial charge in [0.25, 0.3) is 5.56 Å². The molecule has 0 radical (unpaired) electrons. The van der Waals surface area contributed by atoms with Crippen molar-refractivity contribution >= 4 is 0 Å². The molecule has 20 heavy (non-hydrogen) atoms. The molecule has 1 aromatic heterocycles. The van der Waals surface area contributed by atoms with Crippen molar-refractivity contribution in [2.45, 2.75) is 24.5 Å². The highest BCUT2D eigenvalue weighted by molar-refractivity contribution is 4.95. The average Bonchev–Trinajstić information content (AvgIpc) is 2.73. The Morgan fingerprint density at radius 2 is 2.30 bits per heavy atom. The van der Waals surface area contributed by atoms with E-state index in [9.17, 15) is 19.8 Å². The van der Waals surface area contributed by atoms with Crippen LogP contribution in [0.4, 0.5) is 0 Å². The number of aromatic nitrogens is 2. The van der Waals surface area contributed by atoms with Crippen LogP contribution >= 0.6 is 0 Å². The summed E-state index contributed by atoms with van der Waals surface area (Å²) in [5, 5.41) is 19.4. The SMILES string of the molecule is C#CCO[C@H]1[C@@H](O)[C@H](n2ccc(=O)[nH]c2=O)O[C@@H]1CO. The number of H-pyrrole nitrogens is 1. The van der Waals surface area contributed by atoms with Crippen LogP contribution in [0.25, 0.3) is 0 Å². The van der Waals surface area contributed by atoms with Crippen molar-refractivity contribution in [2.24, 2.45) is 0 Å². The molecule has 0 bridgehead atoms. The minimum absolute atomic E-state index is 0.0607. The molecule has 2 rings (SSSR count). The molecule has 2 heterocycles. The van der Waals surface area contributed by atoms with E-state index < -0.39 is 42.4 Å². The molecular formula is C12H14N2O6. The van der Waals surface area contributed by atoms with E-state index in [1.165, 1.54) is 6.20 Å². The number of ether oxygens (including phenoxy) is 2. The Balaban J connectivity index is 2.27. The van der Waals surface area contributed by atoms with E-state index in [0.29, 0.717) is 0 Å². The second-order valence-electron chi connectivity index (χ2n) is 4.24. The third-order valence-electron chi connectivity index (χ3n) is 2.97. The molecule has 1 aliphatic rings. The van der Waals surface area contributed by atoms with Gasteiger partial charge >= 0.3 is 5.69 Å². The Morgan fingerprint density at radius 3 is 2.90 bits per heavy atom. The first-order valence-corrected chi connectivity index (χ1v) is 5.89. The molecule has 1 fully saturated rings. The maximum atomic E-state index is 11.7. The van der Waals surface area contributed by atoms with Gasteiger partial charge in [0.2, 0.25) is 0 Å². The number of hydrogen-bond donors (Lipinski definition) is 3. The fourth-order valence-electron chi connectivity index (χ4n) is 2.07. The molecular weight excluding hydrogens is 268 g/mol. The van der Waals surface area contributed by atoms with Crippen molar-refractivity contribution in [3.8, 4) is 12.3 Å². The Kier molecular flexibility index (Phi) is 4.36. The molecule has 0 aliphatic carbocycles. The quantitative estimate of drug-likeness (QED) is 0.540. The maximum Gasteiger partial charge on any atom is 0.330 e. The monoisotopic (exact) mass is 282 g/mol. The summed E-state index contributed by atoms with van der Waals surface area (Å²) in [6.45, 7) is -0.463. The van der Waals surface area contributed by atoms with E-state index in [4.69, 9.17) is 15.9 Å². The fourth-order valence-corrected chi connectivity index (χ4v) is 2.07. The van der Waals surface area contributed by atoms with Crippen molar-refractivity contribution in [2.75, 3.05) is 13.2 Å². The van der Waals surface area contributed by atoms with Gasteiger partial charge in [0.15, 0.2) is 6.23 Å². The molecule has 1 aromatic rings. The molecule has 0 spiro atoms. The highest BCUT2D eigenvalue weighted by Gasteiger charge is 2.45. The minimum atomic E-state index is -1.20. The first kappa shape index (κ1) is 14.5. The highest BCUT2D eigenvalue weighted by atomic mass is 16.6. The van der Waals surface area contributed by atoms with Gasteiger partial charge in [-0.25, -0.2) is 4.79 Å². The van der Waals surface area contributed by atoms with Crippen LogP contribution in [0, 0.1) is 12.3 Å². The molecule has 3 N–H and O–H groups in total. The standard InChI is InChI=1S/C12H14N2O6/c1-2-5-19-10-7(6-15)20-11(9(10)17)14-4-3-8(16)13-12(14)18/h1,3-4,7,9-11,15,17H,5-6H2,(H,13,16,18)/t7-,9-,10-,11-/m1/s1. The van der Waals surface area contributed by atoms with Gasteiger partial charge in [-0.05, 0) is 0 Å². The smallest absolute Gasteiger partial charge is 0.330 e. The molecule has 8 nitrogen and oxygen atoms in total. The van der Waals surface area contributed by atoms with Crippen molar-refractivity contribution in [1.29, 1.82) is 0 Å². The third-order valence-corrected chi connectivity index (χ3v) is 2.97. The predicted octanol–water partition coefficient (Wildman–Crippen LogP) is -2.19. The Labute approximate surface area is 113 Å². The number of aromatic amines is 1. The van der Waals surface area contributed by atoms with E-state index in [-0.39, 0.29) is 6.61 Å². The fraction of sp³-hybridized carbons (Fsp3) is 0.500. The van der Waals surface area contributed by atoms with Crippen molar-refractivity contribution in [1.82, 2.24) is 9.55 Å². The second-order valence-corrected chi connectivity index (χ2v) is 4.24. The third kappa shape index (κ3) is 2.66. The summed E-state index contributed by atoms with van der Waals surface area (Å²) in [5.74, 6) is 2.25. The topological polar surface area (TPSA) is 114 Å². The Hall–Kier alpha value is -1.92. The molecule has 1 aliphatic heterocycles. The Bertz CT molecular complexity index is 615. The van der Waals surface area contributed by atoms with E-state index in [1.807, 2.05) is 0 Å². The number of hydrogen-bond acceptors (Lipinski definition) is 6. The first-order chi connectivity index (χ1) is 9.58. The summed E-state index contributed by atoms with van der Waals surface area (Å²) < 4.78 is 11.6. The number of terminal acetylenes is 1. The lowest BCUT2D eigenvalue weighted by Crippen LogP contribution is -2.39. The van der Waals surface area contributed by atoms with Gasteiger partial charge in [0.05, 0.1) is 6.61 Å². The zero-order valence-electron chi connectivity index (χ0n) is 10.4. The molecule has 0 amide bonds. The lowest BCUT2D eigenvalue weighted by atomic mass is 10.1. The van der Waals surface area contributed by atoms with Gasteiger partial charge in [-0.15, -0.1) is 6.42 Å². The molecule has 0 unspecified atom stereocenters. The zero-order chi connectivity index (χ0) is 14.7. The van der Waals surface area contributed by atoms with Gasteiger partial charge in [0.1, 0.15) is 24.9 Å². The number of aliphatic hydroxyl groups excluding tert-OH is 2. The molecule has 8 heteroatoms. The summed E-state index contributed by atoms with van der Waals surface area (Å²) in [6.07, 6.45) is 2.32. The summed E-state index contributed by atoms with van der Waals surface area (Å²) >= 11 is 0.